The highest BCUT2D eigenvalue weighted by atomic mass is 35.5. The lowest BCUT2D eigenvalue weighted by Crippen LogP contribution is -2.54. The van der Waals surface area contributed by atoms with Crippen LogP contribution in [0, 0.1) is 5.92 Å². The third kappa shape index (κ3) is 5.03. The van der Waals surface area contributed by atoms with Crippen molar-refractivity contribution in [1.82, 2.24) is 15.5 Å². The van der Waals surface area contributed by atoms with Crippen LogP contribution in [0.5, 0.6) is 0 Å². The van der Waals surface area contributed by atoms with Crippen molar-refractivity contribution in [3.05, 3.63) is 70.2 Å². The third-order valence-corrected chi connectivity index (χ3v) is 6.34. The van der Waals surface area contributed by atoms with Crippen LogP contribution in [-0.4, -0.2) is 41.6 Å². The van der Waals surface area contributed by atoms with Gasteiger partial charge in [0.15, 0.2) is 5.78 Å². The van der Waals surface area contributed by atoms with Crippen molar-refractivity contribution in [2.24, 2.45) is 5.92 Å². The summed E-state index contributed by atoms with van der Waals surface area (Å²) in [5.41, 5.74) is 2.50. The summed E-state index contributed by atoms with van der Waals surface area (Å²) >= 11 is 6.28. The molecule has 1 heterocycles. The second-order valence-corrected chi connectivity index (χ2v) is 8.95. The molecule has 3 rings (SSSR count). The fourth-order valence-electron chi connectivity index (χ4n) is 3.97. The summed E-state index contributed by atoms with van der Waals surface area (Å²) in [5.74, 6) is -0.757. The van der Waals surface area contributed by atoms with Gasteiger partial charge in [0.05, 0.1) is 6.04 Å². The Bertz CT molecular complexity index is 1010. The molecule has 6 nitrogen and oxygen atoms in total. The molecule has 0 unspecified atom stereocenters. The molecule has 0 aliphatic carbocycles. The maximum absolute atomic E-state index is 13.6. The fraction of sp³-hybridized carbons (Fsp3) is 0.400. The van der Waals surface area contributed by atoms with Gasteiger partial charge in [0, 0.05) is 18.0 Å². The van der Waals surface area contributed by atoms with E-state index in [9.17, 15) is 14.4 Å². The van der Waals surface area contributed by atoms with Gasteiger partial charge in [-0.2, -0.15) is 0 Å². The molecule has 2 aromatic carbocycles. The average molecular weight is 456 g/mol. The van der Waals surface area contributed by atoms with Gasteiger partial charge in [-0.15, -0.1) is 0 Å². The number of rotatable bonds is 8. The minimum absolute atomic E-state index is 0.103. The molecule has 0 saturated heterocycles. The van der Waals surface area contributed by atoms with E-state index in [0.29, 0.717) is 11.6 Å². The van der Waals surface area contributed by atoms with Crippen LogP contribution in [0.4, 0.5) is 0 Å². The number of amides is 2. The monoisotopic (exact) mass is 455 g/mol. The molecule has 2 aromatic rings. The summed E-state index contributed by atoms with van der Waals surface area (Å²) in [6, 6.07) is 13.0. The number of fused-ring (bicyclic) bond motifs is 1. The van der Waals surface area contributed by atoms with E-state index in [4.69, 9.17) is 11.6 Å². The van der Waals surface area contributed by atoms with Gasteiger partial charge in [-0.05, 0) is 42.6 Å². The minimum Gasteiger partial charge on any atom is -0.343 e. The maximum Gasteiger partial charge on any atom is 0.246 e. The largest absolute Gasteiger partial charge is 0.343 e. The number of nitrogens with zero attached hydrogens (tertiary/aromatic N) is 1. The molecule has 2 amide bonds. The Hall–Kier alpha value is -2.70. The Kier molecular flexibility index (Phi) is 7.69. The zero-order chi connectivity index (χ0) is 23.4. The fourth-order valence-corrected chi connectivity index (χ4v) is 4.17. The van der Waals surface area contributed by atoms with Crippen molar-refractivity contribution in [1.29, 1.82) is 0 Å². The van der Waals surface area contributed by atoms with Gasteiger partial charge >= 0.3 is 0 Å². The minimum atomic E-state index is -0.733. The van der Waals surface area contributed by atoms with Crippen LogP contribution >= 0.6 is 11.6 Å². The molecule has 3 atom stereocenters. The molecule has 0 spiro atoms. The highest BCUT2D eigenvalue weighted by molar-refractivity contribution is 6.31. The molecule has 7 heteroatoms. The normalized spacial score (nSPS) is 17.1. The second-order valence-electron chi connectivity index (χ2n) is 8.54. The quantitative estimate of drug-likeness (QED) is 0.640. The molecule has 1 aliphatic rings. The number of Topliss-reactive ketones (excluding diaryl/α,β-unsaturated/α-hetero) is 1. The standard InChI is InChI=1S/C25H30ClN3O3/c1-15(2)22(28-24(31)16(3)27-4)25(32)29-14-18-10-5-7-11-19(18)23(29)21(30)13-17-9-6-8-12-20(17)26/h5-12,15-16,22-23,27H,13-14H2,1-4H3,(H,28,31)/t16-,22-,23-/m0/s1. The topological polar surface area (TPSA) is 78.5 Å². The Morgan fingerprint density at radius 3 is 2.38 bits per heavy atom. The number of hydrogen-bond acceptors (Lipinski definition) is 4. The number of benzene rings is 2. The molecule has 32 heavy (non-hydrogen) atoms. The lowest BCUT2D eigenvalue weighted by atomic mass is 9.96. The molecule has 2 N–H and O–H groups in total. The summed E-state index contributed by atoms with van der Waals surface area (Å²) in [6.45, 7) is 5.83. The number of hydrogen-bond donors (Lipinski definition) is 2. The number of halogens is 1. The average Bonchev–Trinajstić information content (AvgIpc) is 3.17. The van der Waals surface area contributed by atoms with Gasteiger partial charge in [0.2, 0.25) is 11.8 Å². The van der Waals surface area contributed by atoms with Crippen LogP contribution in [0.25, 0.3) is 0 Å². The third-order valence-electron chi connectivity index (χ3n) is 5.97. The van der Waals surface area contributed by atoms with Gasteiger partial charge in [-0.1, -0.05) is 67.9 Å². The van der Waals surface area contributed by atoms with Crippen LogP contribution < -0.4 is 10.6 Å². The van der Waals surface area contributed by atoms with E-state index in [1.54, 1.807) is 24.9 Å². The van der Waals surface area contributed by atoms with E-state index in [2.05, 4.69) is 10.6 Å². The van der Waals surface area contributed by atoms with Crippen molar-refractivity contribution < 1.29 is 14.4 Å². The summed E-state index contributed by atoms with van der Waals surface area (Å²) < 4.78 is 0. The summed E-state index contributed by atoms with van der Waals surface area (Å²) in [4.78, 5) is 41.2. The van der Waals surface area contributed by atoms with E-state index in [-0.39, 0.29) is 29.9 Å². The number of nitrogens with one attached hydrogen (secondary N) is 2. The van der Waals surface area contributed by atoms with Gasteiger partial charge in [0.1, 0.15) is 12.1 Å². The predicted molar refractivity (Wildman–Crippen MR) is 125 cm³/mol. The van der Waals surface area contributed by atoms with E-state index in [0.717, 1.165) is 16.7 Å². The first kappa shape index (κ1) is 24.0. The smallest absolute Gasteiger partial charge is 0.246 e. The molecule has 0 saturated carbocycles. The van der Waals surface area contributed by atoms with E-state index in [1.165, 1.54) is 0 Å². The van der Waals surface area contributed by atoms with Gasteiger partial charge in [-0.3, -0.25) is 14.4 Å². The van der Waals surface area contributed by atoms with Crippen molar-refractivity contribution in [3.63, 3.8) is 0 Å². The molecule has 170 valence electrons. The van der Waals surface area contributed by atoms with Crippen LogP contribution in [-0.2, 0) is 27.3 Å². The van der Waals surface area contributed by atoms with Crippen molar-refractivity contribution in [2.45, 2.75) is 51.9 Å². The zero-order valence-electron chi connectivity index (χ0n) is 18.9. The highest BCUT2D eigenvalue weighted by Gasteiger charge is 2.41. The van der Waals surface area contributed by atoms with Crippen molar-refractivity contribution in [2.75, 3.05) is 7.05 Å². The number of ketones is 1. The van der Waals surface area contributed by atoms with E-state index < -0.39 is 18.1 Å². The number of carbonyl (C=O) groups excluding carboxylic acids is 3. The molecular formula is C25H30ClN3O3. The van der Waals surface area contributed by atoms with Gasteiger partial charge in [0.25, 0.3) is 0 Å². The van der Waals surface area contributed by atoms with Gasteiger partial charge in [-0.25, -0.2) is 0 Å². The van der Waals surface area contributed by atoms with E-state index >= 15 is 0 Å². The van der Waals surface area contributed by atoms with Crippen LogP contribution in [0.2, 0.25) is 5.02 Å². The molecule has 0 aromatic heterocycles. The Labute approximate surface area is 194 Å². The summed E-state index contributed by atoms with van der Waals surface area (Å²) in [6.07, 6.45) is 0.123. The lowest BCUT2D eigenvalue weighted by Gasteiger charge is -2.31. The Morgan fingerprint density at radius 1 is 1.06 bits per heavy atom. The first-order chi connectivity index (χ1) is 15.2. The maximum atomic E-state index is 13.6. The van der Waals surface area contributed by atoms with Crippen molar-refractivity contribution >= 4 is 29.2 Å². The van der Waals surface area contributed by atoms with Crippen LogP contribution in [0.3, 0.4) is 0 Å². The van der Waals surface area contributed by atoms with Crippen LogP contribution in [0.1, 0.15) is 43.5 Å². The summed E-state index contributed by atoms with van der Waals surface area (Å²) in [7, 11) is 1.69. The molecule has 0 radical (unpaired) electrons. The molecule has 1 aliphatic heterocycles. The second kappa shape index (κ2) is 10.3. The first-order valence-electron chi connectivity index (χ1n) is 10.9. The van der Waals surface area contributed by atoms with E-state index in [1.807, 2.05) is 56.3 Å². The van der Waals surface area contributed by atoms with Gasteiger partial charge < -0.3 is 15.5 Å². The first-order valence-corrected chi connectivity index (χ1v) is 11.2. The van der Waals surface area contributed by atoms with Crippen molar-refractivity contribution in [3.8, 4) is 0 Å². The lowest BCUT2D eigenvalue weighted by molar-refractivity contribution is -0.143. The Morgan fingerprint density at radius 2 is 1.72 bits per heavy atom. The SMILES string of the molecule is CN[C@@H](C)C(=O)N[C@H](C(=O)N1Cc2ccccc2[C@H]1C(=O)Cc1ccccc1Cl)C(C)C. The molecule has 0 bridgehead atoms. The predicted octanol–water partition coefficient (Wildman–Crippen LogP) is 3.28. The number of carbonyl (C=O) groups is 3. The molecule has 0 fully saturated rings. The summed E-state index contributed by atoms with van der Waals surface area (Å²) in [5, 5.41) is 6.28. The Balaban J connectivity index is 1.91. The highest BCUT2D eigenvalue weighted by Crippen LogP contribution is 2.36. The zero-order valence-corrected chi connectivity index (χ0v) is 19.6. The van der Waals surface area contributed by atoms with Crippen LogP contribution in [0.15, 0.2) is 48.5 Å². The molecular weight excluding hydrogens is 426 g/mol. The number of likely N-dealkylation sites (N-methyl/N-ethyl adjacent to an activating group) is 1.